The van der Waals surface area contributed by atoms with Gasteiger partial charge in [-0.3, -0.25) is 9.59 Å². The monoisotopic (exact) mass is 586 g/mol. The summed E-state index contributed by atoms with van der Waals surface area (Å²) in [6.07, 6.45) is 0.727. The van der Waals surface area contributed by atoms with Crippen molar-refractivity contribution in [1.29, 1.82) is 0 Å². The van der Waals surface area contributed by atoms with E-state index in [-0.39, 0.29) is 36.8 Å². The van der Waals surface area contributed by atoms with Crippen molar-refractivity contribution < 1.29 is 22.7 Å². The Balaban J connectivity index is 1.29. The van der Waals surface area contributed by atoms with E-state index in [1.165, 1.54) is 4.31 Å². The predicted molar refractivity (Wildman–Crippen MR) is 146 cm³/mol. The number of fused-ring (bicyclic) bond motifs is 3. The van der Waals surface area contributed by atoms with Crippen molar-refractivity contribution in [3.8, 4) is 5.75 Å². The second-order valence-corrected chi connectivity index (χ2v) is 14.1. The van der Waals surface area contributed by atoms with Crippen LogP contribution in [0.3, 0.4) is 0 Å². The van der Waals surface area contributed by atoms with Crippen molar-refractivity contribution in [3.63, 3.8) is 0 Å². The topological polar surface area (TPSA) is 84.0 Å². The third kappa shape index (κ3) is 4.45. The van der Waals surface area contributed by atoms with Crippen molar-refractivity contribution in [3.05, 3.63) is 68.7 Å². The van der Waals surface area contributed by atoms with Gasteiger partial charge in [-0.25, -0.2) is 8.42 Å². The summed E-state index contributed by atoms with van der Waals surface area (Å²) in [5.74, 6) is 0.384. The van der Waals surface area contributed by atoms with E-state index in [1.807, 2.05) is 18.2 Å². The van der Waals surface area contributed by atoms with Crippen molar-refractivity contribution >= 4 is 43.2 Å². The zero-order chi connectivity index (χ0) is 26.7. The fourth-order valence-electron chi connectivity index (χ4n) is 5.54. The Bertz CT molecular complexity index is 1440. The first-order chi connectivity index (χ1) is 17.4. The van der Waals surface area contributed by atoms with Crippen LogP contribution in [0.2, 0.25) is 0 Å². The van der Waals surface area contributed by atoms with Gasteiger partial charge in [-0.05, 0) is 72.9 Å². The summed E-state index contributed by atoms with van der Waals surface area (Å²) in [6, 6.07) is 11.5. The van der Waals surface area contributed by atoms with Crippen LogP contribution >= 0.6 is 15.9 Å². The number of halogens is 1. The number of ether oxygens (including phenoxy) is 1. The van der Waals surface area contributed by atoms with E-state index in [0.717, 1.165) is 38.7 Å². The number of rotatable bonds is 5. The lowest BCUT2D eigenvalue weighted by molar-refractivity contribution is -0.134. The van der Waals surface area contributed by atoms with Crippen LogP contribution in [-0.2, 0) is 26.7 Å². The summed E-state index contributed by atoms with van der Waals surface area (Å²) in [6.45, 7) is 8.71. The zero-order valence-corrected chi connectivity index (χ0v) is 23.9. The second-order valence-electron chi connectivity index (χ2n) is 10.7. The first-order valence-corrected chi connectivity index (χ1v) is 14.8. The molecule has 1 heterocycles. The highest BCUT2D eigenvalue weighted by molar-refractivity contribution is 9.10. The fraction of sp³-hybridized carbons (Fsp3) is 0.429. The molecule has 37 heavy (non-hydrogen) atoms. The average molecular weight is 588 g/mol. The standard InChI is InChI=1S/C28H31BrN2O5S/c1-17(2)37(34,35)31-11-9-30(10-12-31)25(32)16-36-20-6-8-22-23(15-20)28(3,4)24-14-18-13-19(29)5-7-21(18)26(24)27(22)33/h5-8,13,15,17H,9-12,14,16H2,1-4H3. The number of hydrogen-bond donors (Lipinski definition) is 0. The van der Waals surface area contributed by atoms with E-state index in [2.05, 4.69) is 35.8 Å². The molecule has 196 valence electrons. The van der Waals surface area contributed by atoms with Gasteiger partial charge >= 0.3 is 0 Å². The summed E-state index contributed by atoms with van der Waals surface area (Å²) < 4.78 is 33.1. The molecular weight excluding hydrogens is 556 g/mol. The normalized spacial score (nSPS) is 19.1. The minimum absolute atomic E-state index is 0.0299. The van der Waals surface area contributed by atoms with Gasteiger partial charge in [0.05, 0.1) is 5.25 Å². The average Bonchev–Trinajstić information content (AvgIpc) is 3.26. The first-order valence-electron chi connectivity index (χ1n) is 12.5. The van der Waals surface area contributed by atoms with Gasteiger partial charge in [-0.15, -0.1) is 0 Å². The number of carbonyl (C=O) groups excluding carboxylic acids is 2. The van der Waals surface area contributed by atoms with Gasteiger partial charge in [-0.1, -0.05) is 35.8 Å². The molecule has 0 unspecified atom stereocenters. The molecule has 0 spiro atoms. The molecule has 0 aromatic heterocycles. The van der Waals surface area contributed by atoms with Gasteiger partial charge in [0.15, 0.2) is 12.4 Å². The highest BCUT2D eigenvalue weighted by atomic mass is 79.9. The van der Waals surface area contributed by atoms with Gasteiger partial charge < -0.3 is 9.64 Å². The van der Waals surface area contributed by atoms with E-state index in [4.69, 9.17) is 4.74 Å². The number of benzene rings is 2. The number of piperazine rings is 1. The van der Waals surface area contributed by atoms with Gasteiger partial charge in [0, 0.05) is 47.2 Å². The molecule has 1 aliphatic heterocycles. The Morgan fingerprint density at radius 1 is 1.05 bits per heavy atom. The summed E-state index contributed by atoms with van der Waals surface area (Å²) in [4.78, 5) is 28.0. The number of Topliss-reactive ketones (excluding diaryl/α,β-unsaturated/α-hetero) is 1. The van der Waals surface area contributed by atoms with E-state index < -0.39 is 15.3 Å². The lowest BCUT2D eigenvalue weighted by Gasteiger charge is -2.35. The quantitative estimate of drug-likeness (QED) is 0.524. The van der Waals surface area contributed by atoms with Crippen LogP contribution < -0.4 is 4.74 Å². The first kappa shape index (κ1) is 26.1. The molecule has 0 bridgehead atoms. The Labute approximate surface area is 226 Å². The zero-order valence-electron chi connectivity index (χ0n) is 21.5. The Morgan fingerprint density at radius 3 is 2.41 bits per heavy atom. The Kier molecular flexibility index (Phi) is 6.61. The summed E-state index contributed by atoms with van der Waals surface area (Å²) in [5.41, 5.74) is 5.28. The van der Waals surface area contributed by atoms with Crippen molar-refractivity contribution in [1.82, 2.24) is 9.21 Å². The number of hydrogen-bond acceptors (Lipinski definition) is 5. The maximum atomic E-state index is 13.5. The second kappa shape index (κ2) is 9.36. The molecule has 2 aliphatic carbocycles. The van der Waals surface area contributed by atoms with E-state index >= 15 is 0 Å². The van der Waals surface area contributed by atoms with Gasteiger partial charge in [-0.2, -0.15) is 4.31 Å². The van der Waals surface area contributed by atoms with Crippen molar-refractivity contribution in [2.75, 3.05) is 32.8 Å². The van der Waals surface area contributed by atoms with Crippen LogP contribution in [0.15, 0.2) is 46.4 Å². The van der Waals surface area contributed by atoms with Crippen LogP contribution in [0.1, 0.15) is 54.7 Å². The number of carbonyl (C=O) groups is 2. The summed E-state index contributed by atoms with van der Waals surface area (Å²) in [5, 5.41) is -0.481. The van der Waals surface area contributed by atoms with Crippen LogP contribution in [0, 0.1) is 0 Å². The number of amides is 1. The third-order valence-corrected chi connectivity index (χ3v) is 10.6. The number of ketones is 1. The Hall–Kier alpha value is -2.49. The molecule has 0 N–H and O–H groups in total. The van der Waals surface area contributed by atoms with E-state index in [0.29, 0.717) is 24.4 Å². The van der Waals surface area contributed by atoms with Crippen LogP contribution in [0.5, 0.6) is 5.75 Å². The lowest BCUT2D eigenvalue weighted by atomic mass is 9.68. The van der Waals surface area contributed by atoms with E-state index in [9.17, 15) is 18.0 Å². The number of nitrogens with zero attached hydrogens (tertiary/aromatic N) is 2. The van der Waals surface area contributed by atoms with Crippen LogP contribution in [0.25, 0.3) is 5.57 Å². The third-order valence-electron chi connectivity index (χ3n) is 7.81. The molecule has 5 rings (SSSR count). The lowest BCUT2D eigenvalue weighted by Crippen LogP contribution is -2.52. The van der Waals surface area contributed by atoms with Crippen molar-refractivity contribution in [2.24, 2.45) is 0 Å². The van der Waals surface area contributed by atoms with Gasteiger partial charge in [0.25, 0.3) is 5.91 Å². The molecule has 3 aliphatic rings. The SMILES string of the molecule is CC(C)S(=O)(=O)N1CCN(C(=O)COc2ccc3c(c2)C(C)(C)C2=C(C3=O)c3ccc(Br)cc3C2)CC1. The number of allylic oxidation sites excluding steroid dienone is 2. The number of sulfonamides is 1. The van der Waals surface area contributed by atoms with Gasteiger partial charge in [0.1, 0.15) is 5.75 Å². The molecule has 0 atom stereocenters. The van der Waals surface area contributed by atoms with Gasteiger partial charge in [0.2, 0.25) is 10.0 Å². The predicted octanol–water partition coefficient (Wildman–Crippen LogP) is 4.19. The summed E-state index contributed by atoms with van der Waals surface area (Å²) >= 11 is 3.54. The highest BCUT2D eigenvalue weighted by Crippen LogP contribution is 2.50. The molecule has 0 saturated carbocycles. The minimum Gasteiger partial charge on any atom is -0.484 e. The molecule has 2 aromatic rings. The molecule has 9 heteroatoms. The molecule has 1 amide bonds. The Morgan fingerprint density at radius 2 is 1.73 bits per heavy atom. The van der Waals surface area contributed by atoms with Crippen LogP contribution in [0.4, 0.5) is 0 Å². The largest absolute Gasteiger partial charge is 0.484 e. The molecular formula is C28H31BrN2O5S. The minimum atomic E-state index is -3.32. The highest BCUT2D eigenvalue weighted by Gasteiger charge is 2.43. The van der Waals surface area contributed by atoms with Crippen molar-refractivity contribution in [2.45, 2.75) is 44.8 Å². The molecule has 1 fully saturated rings. The maximum Gasteiger partial charge on any atom is 0.260 e. The summed E-state index contributed by atoms with van der Waals surface area (Å²) in [7, 11) is -3.32. The molecule has 7 nitrogen and oxygen atoms in total. The van der Waals surface area contributed by atoms with Crippen LogP contribution in [-0.4, -0.2) is 67.3 Å². The molecule has 0 radical (unpaired) electrons. The molecule has 2 aromatic carbocycles. The smallest absolute Gasteiger partial charge is 0.260 e. The molecule has 1 saturated heterocycles. The maximum absolute atomic E-state index is 13.5. The van der Waals surface area contributed by atoms with E-state index in [1.54, 1.807) is 30.9 Å². The fourth-order valence-corrected chi connectivity index (χ4v) is 7.22.